The van der Waals surface area contributed by atoms with Crippen molar-refractivity contribution in [2.24, 2.45) is 0 Å². The zero-order chi connectivity index (χ0) is 17.6. The van der Waals surface area contributed by atoms with Crippen molar-refractivity contribution < 1.29 is 9.90 Å². The number of carboxylic acid groups (broad SMARTS) is 1. The lowest BCUT2D eigenvalue weighted by Gasteiger charge is -2.09. The number of benzene rings is 1. The second-order valence-electron chi connectivity index (χ2n) is 6.39. The van der Waals surface area contributed by atoms with Gasteiger partial charge < -0.3 is 9.67 Å². The fourth-order valence-corrected chi connectivity index (χ4v) is 3.61. The van der Waals surface area contributed by atoms with Crippen LogP contribution in [0.2, 0.25) is 5.02 Å². The molecule has 1 aromatic carbocycles. The van der Waals surface area contributed by atoms with Crippen molar-refractivity contribution in [1.82, 2.24) is 9.55 Å². The molecule has 0 spiro atoms. The summed E-state index contributed by atoms with van der Waals surface area (Å²) in [4.78, 5) is 15.7. The molecule has 0 saturated heterocycles. The molecular formula is C20H17ClN2O2. The lowest BCUT2D eigenvalue weighted by atomic mass is 10.1. The molecule has 0 amide bonds. The summed E-state index contributed by atoms with van der Waals surface area (Å²) in [7, 11) is 0. The van der Waals surface area contributed by atoms with E-state index in [4.69, 9.17) is 11.6 Å². The van der Waals surface area contributed by atoms with E-state index in [0.29, 0.717) is 17.0 Å². The van der Waals surface area contributed by atoms with Crippen molar-refractivity contribution in [2.75, 3.05) is 0 Å². The molecule has 2 aromatic heterocycles. The Labute approximate surface area is 150 Å². The van der Waals surface area contributed by atoms with E-state index in [1.54, 1.807) is 6.08 Å². The van der Waals surface area contributed by atoms with Crippen LogP contribution < -0.4 is 0 Å². The maximum atomic E-state index is 11.4. The molecular weight excluding hydrogens is 336 g/mol. The van der Waals surface area contributed by atoms with Gasteiger partial charge in [0.25, 0.3) is 0 Å². The van der Waals surface area contributed by atoms with Gasteiger partial charge in [-0.25, -0.2) is 4.79 Å². The van der Waals surface area contributed by atoms with Crippen LogP contribution in [0.25, 0.3) is 17.0 Å². The summed E-state index contributed by atoms with van der Waals surface area (Å²) in [5, 5.41) is 11.0. The van der Waals surface area contributed by atoms with Gasteiger partial charge in [0.05, 0.1) is 0 Å². The average molecular weight is 353 g/mol. The highest BCUT2D eigenvalue weighted by Crippen LogP contribution is 2.36. The summed E-state index contributed by atoms with van der Waals surface area (Å²) < 4.78 is 2.19. The first-order valence-corrected chi connectivity index (χ1v) is 8.57. The number of aromatic nitrogens is 2. The molecule has 1 aliphatic rings. The number of hydrogen-bond donors (Lipinski definition) is 1. The van der Waals surface area contributed by atoms with Crippen LogP contribution >= 0.6 is 11.6 Å². The number of rotatable bonds is 4. The van der Waals surface area contributed by atoms with Crippen molar-refractivity contribution in [3.8, 4) is 0 Å². The third kappa shape index (κ3) is 2.83. The van der Waals surface area contributed by atoms with Crippen LogP contribution in [0.3, 0.4) is 0 Å². The standard InChI is InChI=1S/C20H17ClN2O2/c1-12-2-3-13(11-22-12)6-7-23-18-5-4-15(21)10-17(18)16-8-14(20(24)25)9-19(16)23/h2-5,9-11H,6-8H2,1H3,(H,24,25). The van der Waals surface area contributed by atoms with Gasteiger partial charge in [-0.05, 0) is 54.8 Å². The summed E-state index contributed by atoms with van der Waals surface area (Å²) >= 11 is 6.17. The Bertz CT molecular complexity index is 1020. The van der Waals surface area contributed by atoms with Crippen molar-refractivity contribution in [3.05, 3.63) is 69.6 Å². The summed E-state index contributed by atoms with van der Waals surface area (Å²) in [6.07, 6.45) is 4.97. The molecule has 0 bridgehead atoms. The maximum Gasteiger partial charge on any atom is 0.331 e. The van der Waals surface area contributed by atoms with Crippen molar-refractivity contribution in [1.29, 1.82) is 0 Å². The van der Waals surface area contributed by atoms with Crippen LogP contribution in [0.5, 0.6) is 0 Å². The Morgan fingerprint density at radius 2 is 2.16 bits per heavy atom. The normalized spacial score (nSPS) is 13.1. The predicted molar refractivity (Wildman–Crippen MR) is 98.9 cm³/mol. The first-order valence-electron chi connectivity index (χ1n) is 8.19. The molecule has 1 aliphatic carbocycles. The van der Waals surface area contributed by atoms with E-state index < -0.39 is 5.97 Å². The van der Waals surface area contributed by atoms with Crippen LogP contribution in [-0.4, -0.2) is 20.6 Å². The molecule has 0 atom stereocenters. The molecule has 3 aromatic rings. The van der Waals surface area contributed by atoms with Crippen LogP contribution in [0, 0.1) is 6.92 Å². The van der Waals surface area contributed by atoms with E-state index in [1.165, 1.54) is 0 Å². The smallest absolute Gasteiger partial charge is 0.331 e. The molecule has 4 rings (SSSR count). The summed E-state index contributed by atoms with van der Waals surface area (Å²) in [5.74, 6) is -0.860. The second-order valence-corrected chi connectivity index (χ2v) is 6.82. The number of aryl methyl sites for hydroxylation is 3. The zero-order valence-electron chi connectivity index (χ0n) is 13.8. The Kier molecular flexibility index (Phi) is 3.85. The van der Waals surface area contributed by atoms with Gasteiger partial charge in [0, 0.05) is 52.0 Å². The van der Waals surface area contributed by atoms with Crippen LogP contribution in [-0.2, 0) is 24.2 Å². The lowest BCUT2D eigenvalue weighted by molar-refractivity contribution is -0.132. The first-order chi connectivity index (χ1) is 12.0. The number of carbonyl (C=O) groups is 1. The SMILES string of the molecule is Cc1ccc(CCn2c3c(c4cc(Cl)ccc42)CC(C(=O)O)=C3)cn1. The maximum absolute atomic E-state index is 11.4. The third-order valence-corrected chi connectivity index (χ3v) is 4.96. The largest absolute Gasteiger partial charge is 0.478 e. The third-order valence-electron chi connectivity index (χ3n) is 4.72. The van der Waals surface area contributed by atoms with Gasteiger partial charge in [-0.1, -0.05) is 17.7 Å². The van der Waals surface area contributed by atoms with Gasteiger partial charge in [-0.2, -0.15) is 0 Å². The average Bonchev–Trinajstić information content (AvgIpc) is 3.13. The fourth-order valence-electron chi connectivity index (χ4n) is 3.44. The summed E-state index contributed by atoms with van der Waals surface area (Å²) in [6.45, 7) is 2.74. The van der Waals surface area contributed by atoms with Crippen LogP contribution in [0.1, 0.15) is 22.5 Å². The van der Waals surface area contributed by atoms with E-state index in [0.717, 1.165) is 46.4 Å². The Balaban J connectivity index is 1.76. The topological polar surface area (TPSA) is 55.1 Å². The van der Waals surface area contributed by atoms with Crippen LogP contribution in [0.4, 0.5) is 0 Å². The molecule has 25 heavy (non-hydrogen) atoms. The van der Waals surface area contributed by atoms with E-state index in [1.807, 2.05) is 37.4 Å². The van der Waals surface area contributed by atoms with E-state index >= 15 is 0 Å². The number of nitrogens with zero attached hydrogens (tertiary/aromatic N) is 2. The Hall–Kier alpha value is -2.59. The minimum atomic E-state index is -0.860. The fraction of sp³-hybridized carbons (Fsp3) is 0.200. The monoisotopic (exact) mass is 352 g/mol. The zero-order valence-corrected chi connectivity index (χ0v) is 14.5. The number of fused-ring (bicyclic) bond motifs is 3. The molecule has 126 valence electrons. The molecule has 0 saturated carbocycles. The molecule has 0 radical (unpaired) electrons. The van der Waals surface area contributed by atoms with Crippen molar-refractivity contribution >= 4 is 34.5 Å². The van der Waals surface area contributed by atoms with E-state index in [2.05, 4.69) is 15.6 Å². The molecule has 4 nitrogen and oxygen atoms in total. The molecule has 5 heteroatoms. The number of carboxylic acids is 1. The first kappa shape index (κ1) is 15.9. The molecule has 1 N–H and O–H groups in total. The van der Waals surface area contributed by atoms with Gasteiger partial charge in [0.1, 0.15) is 0 Å². The van der Waals surface area contributed by atoms with E-state index in [-0.39, 0.29) is 0 Å². The van der Waals surface area contributed by atoms with Gasteiger partial charge in [0.2, 0.25) is 0 Å². The second kappa shape index (κ2) is 6.05. The van der Waals surface area contributed by atoms with Crippen LogP contribution in [0.15, 0.2) is 42.1 Å². The van der Waals surface area contributed by atoms with Gasteiger partial charge >= 0.3 is 5.97 Å². The Morgan fingerprint density at radius 1 is 1.32 bits per heavy atom. The highest BCUT2D eigenvalue weighted by Gasteiger charge is 2.25. The van der Waals surface area contributed by atoms with Gasteiger partial charge in [-0.15, -0.1) is 0 Å². The molecule has 2 heterocycles. The number of hydrogen-bond acceptors (Lipinski definition) is 2. The minimum absolute atomic E-state index is 0.428. The highest BCUT2D eigenvalue weighted by molar-refractivity contribution is 6.31. The minimum Gasteiger partial charge on any atom is -0.478 e. The summed E-state index contributed by atoms with van der Waals surface area (Å²) in [6, 6.07) is 9.92. The highest BCUT2D eigenvalue weighted by atomic mass is 35.5. The number of pyridine rings is 1. The van der Waals surface area contributed by atoms with Gasteiger partial charge in [-0.3, -0.25) is 4.98 Å². The molecule has 0 unspecified atom stereocenters. The number of halogens is 1. The number of aliphatic carboxylic acids is 1. The summed E-state index contributed by atoms with van der Waals surface area (Å²) in [5.41, 5.74) is 5.72. The van der Waals surface area contributed by atoms with E-state index in [9.17, 15) is 9.90 Å². The lowest BCUT2D eigenvalue weighted by Crippen LogP contribution is -2.04. The Morgan fingerprint density at radius 3 is 2.88 bits per heavy atom. The van der Waals surface area contributed by atoms with Crippen molar-refractivity contribution in [2.45, 2.75) is 26.3 Å². The molecule has 0 fully saturated rings. The quantitative estimate of drug-likeness (QED) is 0.763. The van der Waals surface area contributed by atoms with Gasteiger partial charge in [0.15, 0.2) is 0 Å². The molecule has 0 aliphatic heterocycles. The van der Waals surface area contributed by atoms with Crippen molar-refractivity contribution in [3.63, 3.8) is 0 Å². The predicted octanol–water partition coefficient (Wildman–Crippen LogP) is 4.26.